The summed E-state index contributed by atoms with van der Waals surface area (Å²) in [4.78, 5) is 11.5. The number of phenols is 1. The van der Waals surface area contributed by atoms with Gasteiger partial charge in [-0.05, 0) is 61.2 Å². The van der Waals surface area contributed by atoms with Gasteiger partial charge in [0.1, 0.15) is 5.75 Å². The first kappa shape index (κ1) is 25.3. The summed E-state index contributed by atoms with van der Waals surface area (Å²) in [6, 6.07) is 9.91. The Balaban J connectivity index is 1.61. The molecule has 31 heavy (non-hydrogen) atoms. The third kappa shape index (κ3) is 8.57. The van der Waals surface area contributed by atoms with E-state index in [0.29, 0.717) is 40.7 Å². The number of hydrogen-bond acceptors (Lipinski definition) is 5. The van der Waals surface area contributed by atoms with Crippen molar-refractivity contribution >= 4 is 34.9 Å². The molecule has 0 saturated heterocycles. The van der Waals surface area contributed by atoms with Crippen molar-refractivity contribution in [2.24, 2.45) is 5.92 Å². The lowest BCUT2D eigenvalue weighted by Gasteiger charge is -2.14. The second kappa shape index (κ2) is 12.8. The third-order valence-electron chi connectivity index (χ3n) is 5.25. The van der Waals surface area contributed by atoms with Crippen LogP contribution in [-0.2, 0) is 11.2 Å². The molecule has 0 aliphatic carbocycles. The molecule has 2 atom stereocenters. The van der Waals surface area contributed by atoms with Gasteiger partial charge in [-0.3, -0.25) is 4.79 Å². The number of carbonyl (C=O) groups is 1. The minimum atomic E-state index is -0.786. The fraction of sp³-hybridized carbons (Fsp3) is 0.435. The first-order valence-corrected chi connectivity index (χ1v) is 11.2. The van der Waals surface area contributed by atoms with Crippen LogP contribution >= 0.6 is 23.2 Å². The van der Waals surface area contributed by atoms with Crippen molar-refractivity contribution < 1.29 is 20.1 Å². The number of nitrogen functional groups attached to an aromatic ring is 1. The maximum absolute atomic E-state index is 11.5. The fourth-order valence-corrected chi connectivity index (χ4v) is 3.88. The van der Waals surface area contributed by atoms with Gasteiger partial charge >= 0.3 is 5.97 Å². The van der Waals surface area contributed by atoms with Crippen LogP contribution in [0.15, 0.2) is 36.4 Å². The molecular formula is C23H30Cl2N2O4. The number of aliphatic hydroxyl groups excluding tert-OH is 1. The average Bonchev–Trinajstić information content (AvgIpc) is 2.73. The molecule has 0 aliphatic rings. The molecule has 2 aromatic carbocycles. The van der Waals surface area contributed by atoms with E-state index in [1.54, 1.807) is 36.4 Å². The lowest BCUT2D eigenvalue weighted by molar-refractivity contribution is -0.142. The van der Waals surface area contributed by atoms with Gasteiger partial charge in [-0.1, -0.05) is 54.6 Å². The molecular weight excluding hydrogens is 439 g/mol. The number of nitrogens with two attached hydrogens (primary N) is 1. The van der Waals surface area contributed by atoms with Crippen LogP contribution in [0, 0.1) is 5.92 Å². The van der Waals surface area contributed by atoms with Gasteiger partial charge in [0.05, 0.1) is 27.8 Å². The quantitative estimate of drug-likeness (QED) is 0.213. The minimum Gasteiger partial charge on any atom is -0.508 e. The Bertz CT molecular complexity index is 823. The monoisotopic (exact) mass is 468 g/mol. The molecule has 170 valence electrons. The number of nitrogens with one attached hydrogen (secondary N) is 1. The molecule has 6 nitrogen and oxygen atoms in total. The van der Waals surface area contributed by atoms with Gasteiger partial charge in [0.25, 0.3) is 0 Å². The molecule has 0 bridgehead atoms. The van der Waals surface area contributed by atoms with Crippen LogP contribution in [0.2, 0.25) is 10.0 Å². The predicted molar refractivity (Wildman–Crippen MR) is 125 cm³/mol. The molecule has 0 spiro atoms. The Kier molecular flexibility index (Phi) is 10.4. The summed E-state index contributed by atoms with van der Waals surface area (Å²) >= 11 is 12.0. The second-order valence-electron chi connectivity index (χ2n) is 7.73. The van der Waals surface area contributed by atoms with Crippen molar-refractivity contribution in [1.82, 2.24) is 5.32 Å². The Morgan fingerprint density at radius 2 is 1.65 bits per heavy atom. The first-order chi connectivity index (χ1) is 14.8. The zero-order valence-corrected chi connectivity index (χ0v) is 18.9. The summed E-state index contributed by atoms with van der Waals surface area (Å²) in [5.41, 5.74) is 7.54. The number of unbranched alkanes of at least 4 members (excludes halogenated alkanes) is 3. The number of carboxylic acid groups (broad SMARTS) is 1. The molecule has 2 rings (SSSR count). The normalized spacial score (nSPS) is 13.1. The standard InChI is InChI=1S/C23H30Cl2N2O4/c24-19-12-17(13-20(25)22(19)26)21(29)14-27-10-4-2-1-3-5-16(23(30)31)11-15-6-8-18(28)9-7-15/h6-9,12-13,16,21,27-29H,1-5,10-11,14,26H2,(H,30,31). The lowest BCUT2D eigenvalue weighted by atomic mass is 9.93. The summed E-state index contributed by atoms with van der Waals surface area (Å²) in [5.74, 6) is -1.03. The van der Waals surface area contributed by atoms with Gasteiger partial charge in [-0.15, -0.1) is 0 Å². The summed E-state index contributed by atoms with van der Waals surface area (Å²) < 4.78 is 0. The highest BCUT2D eigenvalue weighted by molar-refractivity contribution is 6.38. The number of benzene rings is 2. The Morgan fingerprint density at radius 1 is 1.03 bits per heavy atom. The third-order valence-corrected chi connectivity index (χ3v) is 5.87. The van der Waals surface area contributed by atoms with Crippen LogP contribution in [-0.4, -0.2) is 34.4 Å². The maximum atomic E-state index is 11.5. The molecule has 0 heterocycles. The number of aliphatic carboxylic acids is 1. The van der Waals surface area contributed by atoms with E-state index in [2.05, 4.69) is 5.32 Å². The molecule has 0 aromatic heterocycles. The summed E-state index contributed by atoms with van der Waals surface area (Å²) in [6.07, 6.45) is 4.08. The van der Waals surface area contributed by atoms with E-state index >= 15 is 0 Å². The van der Waals surface area contributed by atoms with Crippen LogP contribution in [0.25, 0.3) is 0 Å². The number of rotatable bonds is 13. The maximum Gasteiger partial charge on any atom is 0.306 e. The number of hydrogen-bond donors (Lipinski definition) is 5. The number of phenolic OH excluding ortho intramolecular Hbond substituents is 1. The lowest BCUT2D eigenvalue weighted by Crippen LogP contribution is -2.22. The largest absolute Gasteiger partial charge is 0.508 e. The van der Waals surface area contributed by atoms with Gasteiger partial charge in [0.15, 0.2) is 0 Å². The van der Waals surface area contributed by atoms with Crippen LogP contribution in [0.4, 0.5) is 5.69 Å². The molecule has 2 aromatic rings. The summed E-state index contributed by atoms with van der Waals surface area (Å²) in [5, 5.41) is 32.9. The van der Waals surface area contributed by atoms with Gasteiger partial charge in [0.2, 0.25) is 0 Å². The predicted octanol–water partition coefficient (Wildman–Crippen LogP) is 4.80. The van der Waals surface area contributed by atoms with Crippen molar-refractivity contribution in [3.63, 3.8) is 0 Å². The van der Waals surface area contributed by atoms with Gasteiger partial charge < -0.3 is 26.4 Å². The van der Waals surface area contributed by atoms with E-state index in [0.717, 1.165) is 37.8 Å². The van der Waals surface area contributed by atoms with E-state index in [4.69, 9.17) is 28.9 Å². The number of aromatic hydroxyl groups is 1. The van der Waals surface area contributed by atoms with Crippen molar-refractivity contribution in [1.29, 1.82) is 0 Å². The van der Waals surface area contributed by atoms with Crippen LogP contribution < -0.4 is 11.1 Å². The number of halogens is 2. The highest BCUT2D eigenvalue weighted by Crippen LogP contribution is 2.31. The SMILES string of the molecule is Nc1c(Cl)cc(C(O)CNCCCCCCC(Cc2ccc(O)cc2)C(=O)O)cc1Cl. The number of aliphatic hydroxyl groups is 1. The van der Waals surface area contributed by atoms with E-state index in [1.165, 1.54) is 0 Å². The van der Waals surface area contributed by atoms with Gasteiger partial charge in [-0.2, -0.15) is 0 Å². The second-order valence-corrected chi connectivity index (χ2v) is 8.54. The van der Waals surface area contributed by atoms with Crippen molar-refractivity contribution in [3.05, 3.63) is 57.6 Å². The molecule has 0 amide bonds. The van der Waals surface area contributed by atoms with Gasteiger partial charge in [0, 0.05) is 6.54 Å². The molecule has 0 saturated carbocycles. The molecule has 6 N–H and O–H groups in total. The van der Waals surface area contributed by atoms with E-state index in [1.807, 2.05) is 0 Å². The number of carboxylic acids is 1. The average molecular weight is 469 g/mol. The van der Waals surface area contributed by atoms with Crippen LogP contribution in [0.3, 0.4) is 0 Å². The Morgan fingerprint density at radius 3 is 2.26 bits per heavy atom. The molecule has 0 fully saturated rings. The van der Waals surface area contributed by atoms with Crippen LogP contribution in [0.1, 0.15) is 49.3 Å². The zero-order valence-electron chi connectivity index (χ0n) is 17.4. The highest BCUT2D eigenvalue weighted by Gasteiger charge is 2.17. The van der Waals surface area contributed by atoms with E-state index < -0.39 is 18.0 Å². The fourth-order valence-electron chi connectivity index (χ4n) is 3.38. The molecule has 0 aliphatic heterocycles. The highest BCUT2D eigenvalue weighted by atomic mass is 35.5. The zero-order chi connectivity index (χ0) is 22.8. The van der Waals surface area contributed by atoms with Crippen molar-refractivity contribution in [2.45, 2.75) is 44.6 Å². The summed E-state index contributed by atoms with van der Waals surface area (Å²) in [7, 11) is 0. The topological polar surface area (TPSA) is 116 Å². The number of anilines is 1. The van der Waals surface area contributed by atoms with Crippen molar-refractivity contribution in [3.8, 4) is 5.75 Å². The first-order valence-electron chi connectivity index (χ1n) is 10.4. The van der Waals surface area contributed by atoms with E-state index in [9.17, 15) is 20.1 Å². The Labute approximate surface area is 193 Å². The van der Waals surface area contributed by atoms with Crippen molar-refractivity contribution in [2.75, 3.05) is 18.8 Å². The van der Waals surface area contributed by atoms with E-state index in [-0.39, 0.29) is 5.75 Å². The Hall–Kier alpha value is -1.99. The minimum absolute atomic E-state index is 0.179. The molecule has 0 radical (unpaired) electrons. The van der Waals surface area contributed by atoms with Crippen LogP contribution in [0.5, 0.6) is 5.75 Å². The molecule has 8 heteroatoms. The van der Waals surface area contributed by atoms with Gasteiger partial charge in [-0.25, -0.2) is 0 Å². The summed E-state index contributed by atoms with van der Waals surface area (Å²) in [6.45, 7) is 1.13. The molecule has 2 unspecified atom stereocenters. The smallest absolute Gasteiger partial charge is 0.306 e.